The quantitative estimate of drug-likeness (QED) is 0.755. The lowest BCUT2D eigenvalue weighted by Gasteiger charge is -2.09. The Bertz CT molecular complexity index is 891. The van der Waals surface area contributed by atoms with Crippen molar-refractivity contribution in [1.29, 1.82) is 0 Å². The number of hydrogen-bond acceptors (Lipinski definition) is 4. The second kappa shape index (κ2) is 5.18. The van der Waals surface area contributed by atoms with Crippen molar-refractivity contribution in [3.63, 3.8) is 0 Å². The zero-order valence-electron chi connectivity index (χ0n) is 11.2. The highest BCUT2D eigenvalue weighted by Crippen LogP contribution is 2.28. The van der Waals surface area contributed by atoms with Crippen molar-refractivity contribution in [1.82, 2.24) is 4.98 Å². The van der Waals surface area contributed by atoms with Crippen molar-refractivity contribution >= 4 is 26.4 Å². The summed E-state index contributed by atoms with van der Waals surface area (Å²) in [7, 11) is -3.45. The summed E-state index contributed by atoms with van der Waals surface area (Å²) in [4.78, 5) is 4.44. The van der Waals surface area contributed by atoms with E-state index in [1.165, 1.54) is 0 Å². The summed E-state index contributed by atoms with van der Waals surface area (Å²) >= 11 is 0. The summed E-state index contributed by atoms with van der Waals surface area (Å²) in [5.74, 6) is -0.0399. The van der Waals surface area contributed by atoms with Gasteiger partial charge in [-0.3, -0.25) is 4.98 Å². The molecular weight excluding hydrogens is 284 g/mol. The molecule has 2 N–H and O–H groups in total. The summed E-state index contributed by atoms with van der Waals surface area (Å²) in [6.07, 6.45) is 1.60. The van der Waals surface area contributed by atoms with Crippen LogP contribution in [0, 0.1) is 0 Å². The highest BCUT2D eigenvalue weighted by molar-refractivity contribution is 7.90. The smallest absolute Gasteiger partial charge is 0.183 e. The Kier molecular flexibility index (Phi) is 3.35. The molecule has 0 aliphatic carbocycles. The maximum absolute atomic E-state index is 12.7. The van der Waals surface area contributed by atoms with Gasteiger partial charge in [0.05, 0.1) is 21.9 Å². The molecule has 5 heteroatoms. The third-order valence-electron chi connectivity index (χ3n) is 3.30. The molecule has 0 saturated carbocycles. The average molecular weight is 298 g/mol. The van der Waals surface area contributed by atoms with Gasteiger partial charge in [-0.15, -0.1) is 0 Å². The first-order valence-corrected chi connectivity index (χ1v) is 8.13. The van der Waals surface area contributed by atoms with Crippen molar-refractivity contribution < 1.29 is 8.42 Å². The molecule has 3 rings (SSSR count). The third-order valence-corrected chi connectivity index (χ3v) is 5.03. The predicted molar refractivity (Wildman–Crippen MR) is 83.5 cm³/mol. The second-order valence-corrected chi connectivity index (χ2v) is 6.76. The molecular formula is C16H14N2O2S. The van der Waals surface area contributed by atoms with Crippen molar-refractivity contribution in [3.8, 4) is 0 Å². The normalized spacial score (nSPS) is 11.6. The highest BCUT2D eigenvalue weighted by Gasteiger charge is 2.19. The van der Waals surface area contributed by atoms with Crippen molar-refractivity contribution in [2.24, 2.45) is 0 Å². The maximum atomic E-state index is 12.7. The van der Waals surface area contributed by atoms with Gasteiger partial charge in [0, 0.05) is 11.6 Å². The monoisotopic (exact) mass is 298 g/mol. The van der Waals surface area contributed by atoms with Gasteiger partial charge in [0.15, 0.2) is 9.84 Å². The number of fused-ring (bicyclic) bond motifs is 1. The molecule has 0 aliphatic heterocycles. The fourth-order valence-corrected chi connectivity index (χ4v) is 3.87. The van der Waals surface area contributed by atoms with Crippen molar-refractivity contribution in [2.45, 2.75) is 10.6 Å². The van der Waals surface area contributed by atoms with E-state index in [2.05, 4.69) is 4.98 Å². The average Bonchev–Trinajstić information content (AvgIpc) is 2.48. The lowest BCUT2D eigenvalue weighted by molar-refractivity contribution is 0.596. The summed E-state index contributed by atoms with van der Waals surface area (Å²) < 4.78 is 25.3. The minimum atomic E-state index is -3.45. The van der Waals surface area contributed by atoms with E-state index in [9.17, 15) is 8.42 Å². The van der Waals surface area contributed by atoms with Crippen LogP contribution in [0.4, 0.5) is 5.69 Å². The van der Waals surface area contributed by atoms with E-state index in [1.54, 1.807) is 42.6 Å². The number of nitrogens with zero attached hydrogens (tertiary/aromatic N) is 1. The molecule has 4 nitrogen and oxygen atoms in total. The number of anilines is 1. The topological polar surface area (TPSA) is 73.1 Å². The Labute approximate surface area is 123 Å². The van der Waals surface area contributed by atoms with Gasteiger partial charge in [-0.25, -0.2) is 8.42 Å². The molecule has 2 aromatic carbocycles. The van der Waals surface area contributed by atoms with Crippen LogP contribution in [0.3, 0.4) is 0 Å². The number of nitrogens with two attached hydrogens (primary N) is 1. The molecule has 0 aliphatic rings. The Morgan fingerprint density at radius 1 is 0.952 bits per heavy atom. The predicted octanol–water partition coefficient (Wildman–Crippen LogP) is 2.79. The molecule has 0 saturated heterocycles. The number of rotatable bonds is 3. The first-order chi connectivity index (χ1) is 10.1. The molecule has 0 spiro atoms. The number of pyridine rings is 1. The molecule has 0 unspecified atom stereocenters. The summed E-state index contributed by atoms with van der Waals surface area (Å²) in [6, 6.07) is 15.7. The number of hydrogen-bond donors (Lipinski definition) is 1. The van der Waals surface area contributed by atoms with Crippen LogP contribution in [0.2, 0.25) is 0 Å². The molecule has 0 radical (unpaired) electrons. The van der Waals surface area contributed by atoms with Crippen LogP contribution >= 0.6 is 0 Å². The first kappa shape index (κ1) is 13.6. The van der Waals surface area contributed by atoms with Crippen LogP contribution in [0.1, 0.15) is 5.56 Å². The fourth-order valence-electron chi connectivity index (χ4n) is 2.31. The molecule has 106 valence electrons. The minimum Gasteiger partial charge on any atom is -0.397 e. The van der Waals surface area contributed by atoms with Gasteiger partial charge >= 0.3 is 0 Å². The fraction of sp³-hybridized carbons (Fsp3) is 0.0625. The number of sulfone groups is 1. The molecule has 1 aromatic heterocycles. The zero-order chi connectivity index (χ0) is 14.9. The molecule has 1 heterocycles. The van der Waals surface area contributed by atoms with Crippen molar-refractivity contribution in [3.05, 3.63) is 66.4 Å². The Hall–Kier alpha value is -2.40. The van der Waals surface area contributed by atoms with Crippen molar-refractivity contribution in [2.75, 3.05) is 5.73 Å². The van der Waals surface area contributed by atoms with Gasteiger partial charge in [0.1, 0.15) is 0 Å². The number of aromatic nitrogens is 1. The Balaban J connectivity index is 2.14. The molecule has 3 aromatic rings. The zero-order valence-corrected chi connectivity index (χ0v) is 12.0. The Morgan fingerprint density at radius 2 is 1.71 bits per heavy atom. The maximum Gasteiger partial charge on any atom is 0.183 e. The van der Waals surface area contributed by atoms with E-state index in [0.29, 0.717) is 16.6 Å². The summed E-state index contributed by atoms with van der Waals surface area (Å²) in [5.41, 5.74) is 7.62. The van der Waals surface area contributed by atoms with Gasteiger partial charge in [-0.1, -0.05) is 30.3 Å². The summed E-state index contributed by atoms with van der Waals surface area (Å²) in [5, 5.41) is 0.563. The standard InChI is InChI=1S/C16H14N2O2S/c17-14-8-9-15(13-7-4-10-18-16(13)14)21(19,20)11-12-5-2-1-3-6-12/h1-10H,11,17H2. The van der Waals surface area contributed by atoms with E-state index in [0.717, 1.165) is 5.56 Å². The van der Waals surface area contributed by atoms with Crippen LogP contribution in [0.5, 0.6) is 0 Å². The van der Waals surface area contributed by atoms with Gasteiger partial charge < -0.3 is 5.73 Å². The second-order valence-electron chi connectivity index (χ2n) is 4.80. The van der Waals surface area contributed by atoms with Crippen LogP contribution in [0.25, 0.3) is 10.9 Å². The van der Waals surface area contributed by atoms with Crippen LogP contribution in [0.15, 0.2) is 65.7 Å². The van der Waals surface area contributed by atoms with E-state index in [-0.39, 0.29) is 10.6 Å². The molecule has 0 bridgehead atoms. The lowest BCUT2D eigenvalue weighted by Crippen LogP contribution is -2.06. The van der Waals surface area contributed by atoms with E-state index < -0.39 is 9.84 Å². The SMILES string of the molecule is Nc1ccc(S(=O)(=O)Cc2ccccc2)c2cccnc12. The lowest BCUT2D eigenvalue weighted by atomic mass is 10.2. The molecule has 21 heavy (non-hydrogen) atoms. The van der Waals surface area contributed by atoms with E-state index >= 15 is 0 Å². The van der Waals surface area contributed by atoms with E-state index in [1.807, 2.05) is 18.2 Å². The molecule has 0 amide bonds. The molecule has 0 fully saturated rings. The van der Waals surface area contributed by atoms with E-state index in [4.69, 9.17) is 5.73 Å². The van der Waals surface area contributed by atoms with Crippen LogP contribution in [-0.4, -0.2) is 13.4 Å². The number of nitrogen functional groups attached to an aromatic ring is 1. The Morgan fingerprint density at radius 3 is 2.48 bits per heavy atom. The van der Waals surface area contributed by atoms with Crippen LogP contribution < -0.4 is 5.73 Å². The summed E-state index contributed by atoms with van der Waals surface area (Å²) in [6.45, 7) is 0. The van der Waals surface area contributed by atoms with Crippen LogP contribution in [-0.2, 0) is 15.6 Å². The largest absolute Gasteiger partial charge is 0.397 e. The van der Waals surface area contributed by atoms with Gasteiger partial charge in [0.25, 0.3) is 0 Å². The van der Waals surface area contributed by atoms with Gasteiger partial charge in [0.2, 0.25) is 0 Å². The first-order valence-electron chi connectivity index (χ1n) is 6.48. The highest BCUT2D eigenvalue weighted by atomic mass is 32.2. The molecule has 0 atom stereocenters. The van der Waals surface area contributed by atoms with Gasteiger partial charge in [-0.05, 0) is 29.8 Å². The minimum absolute atomic E-state index is 0.0399. The van der Waals surface area contributed by atoms with Gasteiger partial charge in [-0.2, -0.15) is 0 Å². The number of benzene rings is 2. The third kappa shape index (κ3) is 2.60.